The van der Waals surface area contributed by atoms with Gasteiger partial charge in [0.25, 0.3) is 0 Å². The number of allylic oxidation sites excluding steroid dienone is 9. The zero-order valence-corrected chi connectivity index (χ0v) is 17.8. The number of hydrogen-bond acceptors (Lipinski definition) is 1. The van der Waals surface area contributed by atoms with E-state index in [9.17, 15) is 4.79 Å². The van der Waals surface area contributed by atoms with Crippen LogP contribution in [0, 0.1) is 12.3 Å². The molecule has 0 atom stereocenters. The van der Waals surface area contributed by atoms with E-state index < -0.39 is 5.97 Å². The third kappa shape index (κ3) is 6.23. The van der Waals surface area contributed by atoms with E-state index in [0.29, 0.717) is 5.57 Å². The van der Waals surface area contributed by atoms with Crippen LogP contribution in [0.2, 0.25) is 0 Å². The summed E-state index contributed by atoms with van der Waals surface area (Å²) < 4.78 is 0. The summed E-state index contributed by atoms with van der Waals surface area (Å²) in [4.78, 5) is 10.8. The molecule has 2 heteroatoms. The van der Waals surface area contributed by atoms with Crippen LogP contribution in [0.3, 0.4) is 0 Å². The molecule has 1 aliphatic carbocycles. The Balaban J connectivity index is 2.39. The summed E-state index contributed by atoms with van der Waals surface area (Å²) >= 11 is 0. The molecule has 0 unspecified atom stereocenters. The molecule has 2 rings (SSSR count). The minimum atomic E-state index is -0.924. The summed E-state index contributed by atoms with van der Waals surface area (Å²) in [5.41, 5.74) is 7.32. The molecule has 0 radical (unpaired) electrons. The van der Waals surface area contributed by atoms with Gasteiger partial charge in [0.1, 0.15) is 0 Å². The van der Waals surface area contributed by atoms with E-state index in [1.165, 1.54) is 42.0 Å². The second-order valence-corrected chi connectivity index (χ2v) is 8.34. The van der Waals surface area contributed by atoms with Crippen LogP contribution >= 0.6 is 0 Å². The molecular weight excluding hydrogens is 344 g/mol. The Labute approximate surface area is 169 Å². The Morgan fingerprint density at radius 2 is 1.79 bits per heavy atom. The highest BCUT2D eigenvalue weighted by atomic mass is 16.4. The lowest BCUT2D eigenvalue weighted by Crippen LogP contribution is -2.19. The molecule has 0 saturated carbocycles. The minimum absolute atomic E-state index is 0.202. The maximum Gasteiger partial charge on any atom is 0.328 e. The number of aliphatic carboxylic acids is 1. The highest BCUT2D eigenvalue weighted by Gasteiger charge is 2.26. The fourth-order valence-corrected chi connectivity index (χ4v) is 3.72. The third-order valence-corrected chi connectivity index (χ3v) is 5.34. The van der Waals surface area contributed by atoms with Crippen LogP contribution < -0.4 is 0 Å². The summed E-state index contributed by atoms with van der Waals surface area (Å²) in [6.45, 7) is 10.8. The number of aryl methyl sites for hydroxylation is 1. The molecule has 0 amide bonds. The van der Waals surface area contributed by atoms with Crippen LogP contribution in [0.4, 0.5) is 0 Å². The van der Waals surface area contributed by atoms with Crippen molar-refractivity contribution in [2.24, 2.45) is 5.41 Å². The van der Waals surface area contributed by atoms with Crippen molar-refractivity contribution in [3.8, 4) is 0 Å². The topological polar surface area (TPSA) is 37.3 Å². The van der Waals surface area contributed by atoms with Crippen molar-refractivity contribution < 1.29 is 9.90 Å². The summed E-state index contributed by atoms with van der Waals surface area (Å²) in [7, 11) is 0. The Kier molecular flexibility index (Phi) is 7.39. The van der Waals surface area contributed by atoms with Gasteiger partial charge in [-0.3, -0.25) is 0 Å². The molecule has 1 N–H and O–H groups in total. The van der Waals surface area contributed by atoms with Crippen molar-refractivity contribution >= 4 is 11.5 Å². The zero-order valence-electron chi connectivity index (χ0n) is 17.8. The van der Waals surface area contributed by atoms with E-state index in [4.69, 9.17) is 5.11 Å². The van der Waals surface area contributed by atoms with Crippen molar-refractivity contribution in [3.05, 3.63) is 88.6 Å². The molecule has 0 fully saturated rings. The van der Waals surface area contributed by atoms with Gasteiger partial charge in [0.2, 0.25) is 0 Å². The van der Waals surface area contributed by atoms with Gasteiger partial charge in [0.15, 0.2) is 0 Å². The number of carboxylic acids is 1. The average molecular weight is 377 g/mol. The Hall–Kier alpha value is -2.61. The molecule has 28 heavy (non-hydrogen) atoms. The summed E-state index contributed by atoms with van der Waals surface area (Å²) in [6.07, 6.45) is 15.1. The second kappa shape index (κ2) is 9.54. The molecule has 0 bridgehead atoms. The number of benzene rings is 1. The number of rotatable bonds is 6. The van der Waals surface area contributed by atoms with E-state index in [0.717, 1.165) is 11.1 Å². The summed E-state index contributed by atoms with van der Waals surface area (Å²) in [5.74, 6) is -0.924. The van der Waals surface area contributed by atoms with Crippen molar-refractivity contribution in [3.63, 3.8) is 0 Å². The molecule has 0 heterocycles. The lowest BCUT2D eigenvalue weighted by atomic mass is 9.72. The Morgan fingerprint density at radius 1 is 1.11 bits per heavy atom. The van der Waals surface area contributed by atoms with Crippen molar-refractivity contribution in [1.29, 1.82) is 0 Å². The molecule has 0 aromatic heterocycles. The molecule has 0 aliphatic heterocycles. The minimum Gasteiger partial charge on any atom is -0.478 e. The normalized spacial score (nSPS) is 18.3. The molecule has 0 saturated heterocycles. The molecule has 1 aromatic rings. The van der Waals surface area contributed by atoms with Crippen molar-refractivity contribution in [2.75, 3.05) is 0 Å². The highest BCUT2D eigenvalue weighted by molar-refractivity contribution is 5.81. The number of hydrogen-bond donors (Lipinski definition) is 1. The van der Waals surface area contributed by atoms with E-state index in [1.807, 2.05) is 18.2 Å². The standard InChI is InChI=1S/C26H32O2/c1-19-11-13-23(14-12-19)22(10-6-8-20(2)18-25(27)28)15-16-24-21(3)9-7-17-26(24,4)5/h6,8,10-16,18H,7,9,17H2,1-5H3,(H,27,28)/b8-6?,16-15?,20-18+,22-10?. The predicted molar refractivity (Wildman–Crippen MR) is 119 cm³/mol. The zero-order chi connectivity index (χ0) is 20.7. The fourth-order valence-electron chi connectivity index (χ4n) is 3.72. The molecular formula is C26H32O2. The van der Waals surface area contributed by atoms with Crippen LogP contribution in [-0.4, -0.2) is 11.1 Å². The van der Waals surface area contributed by atoms with E-state index in [-0.39, 0.29) is 5.41 Å². The van der Waals surface area contributed by atoms with Crippen LogP contribution in [0.5, 0.6) is 0 Å². The van der Waals surface area contributed by atoms with Gasteiger partial charge in [0, 0.05) is 6.08 Å². The smallest absolute Gasteiger partial charge is 0.328 e. The highest BCUT2D eigenvalue weighted by Crippen LogP contribution is 2.41. The molecule has 1 aliphatic rings. The molecule has 1 aromatic carbocycles. The summed E-state index contributed by atoms with van der Waals surface area (Å²) in [6, 6.07) is 8.50. The second-order valence-electron chi connectivity index (χ2n) is 8.34. The third-order valence-electron chi connectivity index (χ3n) is 5.34. The Bertz CT molecular complexity index is 856. The van der Waals surface area contributed by atoms with Gasteiger partial charge in [-0.15, -0.1) is 0 Å². The quantitative estimate of drug-likeness (QED) is 0.427. The van der Waals surface area contributed by atoms with Crippen molar-refractivity contribution in [2.45, 2.75) is 53.9 Å². The average Bonchev–Trinajstić information content (AvgIpc) is 2.59. The van der Waals surface area contributed by atoms with E-state index in [2.05, 4.69) is 64.1 Å². The number of carboxylic acid groups (broad SMARTS) is 1. The molecule has 0 spiro atoms. The Morgan fingerprint density at radius 3 is 2.39 bits per heavy atom. The van der Waals surface area contributed by atoms with Crippen LogP contribution in [0.1, 0.15) is 58.1 Å². The lowest BCUT2D eigenvalue weighted by Gasteiger charge is -2.33. The van der Waals surface area contributed by atoms with Gasteiger partial charge >= 0.3 is 5.97 Å². The predicted octanol–water partition coefficient (Wildman–Crippen LogP) is 7.05. The first kappa shape index (κ1) is 21.7. The summed E-state index contributed by atoms with van der Waals surface area (Å²) in [5, 5.41) is 8.86. The van der Waals surface area contributed by atoms with E-state index in [1.54, 1.807) is 6.92 Å². The fraction of sp³-hybridized carbons (Fsp3) is 0.346. The SMILES string of the molecule is CC1=C(C=CC(=CC=C/C(C)=C/C(=O)O)c2ccc(C)cc2)C(C)(C)CCC1. The van der Waals surface area contributed by atoms with Crippen molar-refractivity contribution in [1.82, 2.24) is 0 Å². The van der Waals surface area contributed by atoms with Gasteiger partial charge in [-0.05, 0) is 67.7 Å². The van der Waals surface area contributed by atoms with Crippen LogP contribution in [0.15, 0.2) is 77.4 Å². The maximum atomic E-state index is 10.8. The lowest BCUT2D eigenvalue weighted by molar-refractivity contribution is -0.131. The van der Waals surface area contributed by atoms with Gasteiger partial charge in [-0.1, -0.05) is 79.6 Å². The van der Waals surface area contributed by atoms with Crippen LogP contribution in [-0.2, 0) is 4.79 Å². The molecule has 2 nitrogen and oxygen atoms in total. The maximum absolute atomic E-state index is 10.8. The van der Waals surface area contributed by atoms with Gasteiger partial charge in [-0.2, -0.15) is 0 Å². The number of carbonyl (C=O) groups is 1. The first-order chi connectivity index (χ1) is 13.2. The molecule has 148 valence electrons. The van der Waals surface area contributed by atoms with Crippen LogP contribution in [0.25, 0.3) is 5.57 Å². The van der Waals surface area contributed by atoms with Gasteiger partial charge in [0.05, 0.1) is 0 Å². The largest absolute Gasteiger partial charge is 0.478 e. The first-order valence-corrected chi connectivity index (χ1v) is 9.94. The van der Waals surface area contributed by atoms with E-state index >= 15 is 0 Å². The monoisotopic (exact) mass is 376 g/mol. The first-order valence-electron chi connectivity index (χ1n) is 9.94. The van der Waals surface area contributed by atoms with Gasteiger partial charge < -0.3 is 5.11 Å². The van der Waals surface area contributed by atoms with Gasteiger partial charge in [-0.25, -0.2) is 4.79 Å².